The molecule has 2 aromatic carbocycles. The Labute approximate surface area is 369 Å². The van der Waals surface area contributed by atoms with E-state index in [2.05, 4.69) is 77.6 Å². The minimum absolute atomic E-state index is 0.0126. The molecule has 0 aromatic heterocycles. The molecule has 332 valence electrons. The summed E-state index contributed by atoms with van der Waals surface area (Å²) in [6, 6.07) is 12.3. The van der Waals surface area contributed by atoms with Crippen LogP contribution in [-0.2, 0) is 19.1 Å². The zero-order chi connectivity index (χ0) is 44.6. The molecule has 61 heavy (non-hydrogen) atoms. The maximum atomic E-state index is 12.8. The third-order valence-electron chi connectivity index (χ3n) is 8.67. The van der Waals surface area contributed by atoms with Crippen LogP contribution in [0, 0.1) is 5.41 Å². The van der Waals surface area contributed by atoms with Crippen molar-refractivity contribution in [3.63, 3.8) is 0 Å². The first-order chi connectivity index (χ1) is 29.5. The van der Waals surface area contributed by atoms with Crippen LogP contribution in [0.2, 0.25) is 0 Å². The fourth-order valence-electron chi connectivity index (χ4n) is 5.19. The summed E-state index contributed by atoms with van der Waals surface area (Å²) in [6.45, 7) is 6.05. The van der Waals surface area contributed by atoms with E-state index in [4.69, 9.17) is 9.47 Å². The Morgan fingerprint density at radius 3 is 1.89 bits per heavy atom. The standard InChI is InChI=1S/C47H63N3O9S2/c1-4-5-6-7-8-9-10-11-12-13-14-15-16-17-18-19-20-29-42(53)58-36-47(2,3)43(54)45(56)49-31-30-41(52)48-32-34-60-61-35-33-50-44(55)38-26-22-24-28-40(38)59-46(57)37-25-21-23-27-39(37)51/h5-6,8-9,11-12,14-15,17-18,21-28,43,51,54H,4,7,10,13,16,19-20,29-36H2,1-3H3,(H,48,52)(H,49,56)(H,50,55)/b6-5-,9-8-,12-11-,15-14-,18-17-. The number of allylic oxidation sites excluding steroid dienone is 10. The van der Waals surface area contributed by atoms with Gasteiger partial charge in [0.25, 0.3) is 5.91 Å². The smallest absolute Gasteiger partial charge is 0.347 e. The van der Waals surface area contributed by atoms with Crippen molar-refractivity contribution in [2.75, 3.05) is 37.7 Å². The van der Waals surface area contributed by atoms with Crippen LogP contribution in [0.1, 0.15) is 99.3 Å². The van der Waals surface area contributed by atoms with E-state index in [9.17, 15) is 34.2 Å². The maximum absolute atomic E-state index is 12.8. The first-order valence-corrected chi connectivity index (χ1v) is 23.2. The van der Waals surface area contributed by atoms with Gasteiger partial charge in [0.2, 0.25) is 11.8 Å². The summed E-state index contributed by atoms with van der Waals surface area (Å²) in [7, 11) is 3.03. The van der Waals surface area contributed by atoms with Crippen LogP contribution >= 0.6 is 21.6 Å². The van der Waals surface area contributed by atoms with Gasteiger partial charge in [0.15, 0.2) is 0 Å². The Bertz CT molecular complexity index is 1810. The van der Waals surface area contributed by atoms with Crippen molar-refractivity contribution in [2.24, 2.45) is 5.41 Å². The van der Waals surface area contributed by atoms with Crippen LogP contribution in [0.4, 0.5) is 0 Å². The molecule has 0 bridgehead atoms. The van der Waals surface area contributed by atoms with Gasteiger partial charge in [-0.2, -0.15) is 0 Å². The third kappa shape index (κ3) is 23.5. The highest BCUT2D eigenvalue weighted by atomic mass is 33.1. The lowest BCUT2D eigenvalue weighted by molar-refractivity contribution is -0.153. The number of aliphatic hydroxyl groups is 1. The SMILES string of the molecule is CC/C=C\C/C=C\C/C=C\C/C=C\C/C=C\CCCC(=O)OCC(C)(C)C(O)C(=O)NCCC(=O)NCCSSCCNC(=O)c1ccccc1OC(=O)c1ccccc1O. The Balaban J connectivity index is 1.50. The third-order valence-corrected chi connectivity index (χ3v) is 11.1. The van der Waals surface area contributed by atoms with Crippen LogP contribution in [-0.4, -0.2) is 83.7 Å². The zero-order valence-corrected chi connectivity index (χ0v) is 37.3. The van der Waals surface area contributed by atoms with Crippen LogP contribution in [0.15, 0.2) is 109 Å². The first kappa shape index (κ1) is 52.1. The molecule has 12 nitrogen and oxygen atoms in total. The number of aromatic hydroxyl groups is 1. The highest BCUT2D eigenvalue weighted by molar-refractivity contribution is 8.76. The van der Waals surface area contributed by atoms with Crippen LogP contribution in [0.5, 0.6) is 11.5 Å². The van der Waals surface area contributed by atoms with Crippen molar-refractivity contribution >= 4 is 51.2 Å². The fourth-order valence-corrected chi connectivity index (χ4v) is 7.00. The van der Waals surface area contributed by atoms with Crippen molar-refractivity contribution in [3.8, 4) is 11.5 Å². The molecular weight excluding hydrogens is 815 g/mol. The minimum atomic E-state index is -1.44. The zero-order valence-electron chi connectivity index (χ0n) is 35.6. The monoisotopic (exact) mass is 877 g/mol. The summed E-state index contributed by atoms with van der Waals surface area (Å²) in [6.07, 6.45) is 26.3. The summed E-state index contributed by atoms with van der Waals surface area (Å²) in [5.41, 5.74) is -0.861. The average molecular weight is 878 g/mol. The van der Waals surface area contributed by atoms with Crippen LogP contribution < -0.4 is 20.7 Å². The van der Waals surface area contributed by atoms with Gasteiger partial charge in [-0.3, -0.25) is 19.2 Å². The average Bonchev–Trinajstić information content (AvgIpc) is 3.24. The van der Waals surface area contributed by atoms with Crippen molar-refractivity contribution in [1.29, 1.82) is 0 Å². The summed E-state index contributed by atoms with van der Waals surface area (Å²) < 4.78 is 10.7. The largest absolute Gasteiger partial charge is 0.507 e. The Morgan fingerprint density at radius 1 is 0.705 bits per heavy atom. The molecule has 5 N–H and O–H groups in total. The number of ether oxygens (including phenoxy) is 2. The van der Waals surface area contributed by atoms with Crippen LogP contribution in [0.25, 0.3) is 0 Å². The number of esters is 2. The van der Waals surface area contributed by atoms with Crippen molar-refractivity contribution in [2.45, 2.75) is 84.7 Å². The van der Waals surface area contributed by atoms with E-state index in [0.29, 0.717) is 31.0 Å². The van der Waals surface area contributed by atoms with Crippen molar-refractivity contribution < 1.29 is 43.7 Å². The van der Waals surface area contributed by atoms with Gasteiger partial charge in [-0.1, -0.05) is 127 Å². The van der Waals surface area contributed by atoms with E-state index in [1.54, 1.807) is 44.2 Å². The number of rotatable bonds is 30. The number of unbranched alkanes of at least 4 members (excludes halogenated alkanes) is 1. The number of hydrogen-bond donors (Lipinski definition) is 5. The second-order valence-corrected chi connectivity index (χ2v) is 17.0. The normalized spacial score (nSPS) is 12.4. The van der Waals surface area contributed by atoms with Gasteiger partial charge in [0.05, 0.1) is 12.2 Å². The molecule has 14 heteroatoms. The summed E-state index contributed by atoms with van der Waals surface area (Å²) in [4.78, 5) is 62.4. The predicted octanol–water partition coefficient (Wildman–Crippen LogP) is 8.20. The minimum Gasteiger partial charge on any atom is -0.507 e. The molecule has 0 saturated heterocycles. The molecule has 0 aliphatic heterocycles. The van der Waals surface area contributed by atoms with E-state index in [1.165, 1.54) is 39.8 Å². The number of para-hydroxylation sites is 2. The van der Waals surface area contributed by atoms with E-state index in [-0.39, 0.29) is 54.5 Å². The van der Waals surface area contributed by atoms with Gasteiger partial charge >= 0.3 is 11.9 Å². The molecule has 3 amide bonds. The molecule has 1 atom stereocenters. The van der Waals surface area contributed by atoms with Gasteiger partial charge in [-0.25, -0.2) is 4.79 Å². The van der Waals surface area contributed by atoms with E-state index in [1.807, 2.05) is 6.08 Å². The highest BCUT2D eigenvalue weighted by Gasteiger charge is 2.35. The molecule has 0 aliphatic carbocycles. The van der Waals surface area contributed by atoms with Gasteiger partial charge in [-0.15, -0.1) is 0 Å². The number of phenols is 1. The lowest BCUT2D eigenvalue weighted by Crippen LogP contribution is -2.47. The fraction of sp³-hybridized carbons (Fsp3) is 0.426. The molecule has 0 aliphatic rings. The molecule has 0 spiro atoms. The molecular formula is C47H63N3O9S2. The summed E-state index contributed by atoms with van der Waals surface area (Å²) >= 11 is 0. The molecule has 0 fully saturated rings. The van der Waals surface area contributed by atoms with Crippen LogP contribution in [0.3, 0.4) is 0 Å². The van der Waals surface area contributed by atoms with Gasteiger partial charge < -0.3 is 35.6 Å². The van der Waals surface area contributed by atoms with Crippen molar-refractivity contribution in [1.82, 2.24) is 16.0 Å². The Hall–Kier alpha value is -5.05. The lowest BCUT2D eigenvalue weighted by Gasteiger charge is -2.29. The van der Waals surface area contributed by atoms with E-state index in [0.717, 1.165) is 38.5 Å². The Kier molecular flexibility index (Phi) is 27.1. The predicted molar refractivity (Wildman–Crippen MR) is 246 cm³/mol. The second-order valence-electron chi connectivity index (χ2n) is 14.3. The summed E-state index contributed by atoms with van der Waals surface area (Å²) in [5, 5.41) is 28.7. The number of benzene rings is 2. The number of hydrogen-bond acceptors (Lipinski definition) is 11. The van der Waals surface area contributed by atoms with Gasteiger partial charge in [0.1, 0.15) is 23.2 Å². The molecule has 0 radical (unpaired) electrons. The molecule has 2 aromatic rings. The maximum Gasteiger partial charge on any atom is 0.347 e. The van der Waals surface area contributed by atoms with Crippen molar-refractivity contribution in [3.05, 3.63) is 120 Å². The number of nitrogens with one attached hydrogen (secondary N) is 3. The number of phenolic OH excluding ortho intramolecular Hbond substituents is 1. The molecule has 1 unspecified atom stereocenters. The summed E-state index contributed by atoms with van der Waals surface area (Å²) in [5.74, 6) is -1.45. The number of aliphatic hydroxyl groups excluding tert-OH is 1. The molecule has 2 rings (SSSR count). The highest BCUT2D eigenvalue weighted by Crippen LogP contribution is 2.24. The first-order valence-electron chi connectivity index (χ1n) is 20.7. The Morgan fingerprint density at radius 2 is 1.26 bits per heavy atom. The molecule has 0 heterocycles. The van der Waals surface area contributed by atoms with E-state index < -0.39 is 35.3 Å². The quantitative estimate of drug-likeness (QED) is 0.0168. The van der Waals surface area contributed by atoms with E-state index >= 15 is 0 Å². The molecule has 0 saturated carbocycles. The number of carbonyl (C=O) groups is 5. The topological polar surface area (TPSA) is 180 Å². The van der Waals surface area contributed by atoms with Gasteiger partial charge in [0, 0.05) is 49.4 Å². The number of amides is 3. The lowest BCUT2D eigenvalue weighted by atomic mass is 9.87. The number of carbonyl (C=O) groups excluding carboxylic acids is 5. The second kappa shape index (κ2) is 31.8. The van der Waals surface area contributed by atoms with Gasteiger partial charge in [-0.05, 0) is 69.2 Å².